The van der Waals surface area contributed by atoms with Crippen LogP contribution in [0.25, 0.3) is 0 Å². The van der Waals surface area contributed by atoms with Crippen LogP contribution in [0.5, 0.6) is 0 Å². The third-order valence-corrected chi connectivity index (χ3v) is 3.31. The Kier molecular flexibility index (Phi) is 3.14. The van der Waals surface area contributed by atoms with Crippen LogP contribution < -0.4 is 5.32 Å². The van der Waals surface area contributed by atoms with E-state index >= 15 is 0 Å². The number of anilines is 1. The van der Waals surface area contributed by atoms with E-state index in [1.54, 1.807) is 11.3 Å². The maximum atomic E-state index is 4.31. The summed E-state index contributed by atoms with van der Waals surface area (Å²) >= 11 is 1.78. The number of thiophene rings is 1. The Bertz CT molecular complexity index is 492. The largest absolute Gasteiger partial charge is 0.348 e. The number of aryl methyl sites for hydroxylation is 3. The van der Waals surface area contributed by atoms with Crippen molar-refractivity contribution >= 4 is 17.3 Å². The molecule has 0 unspecified atom stereocenters. The van der Waals surface area contributed by atoms with Crippen molar-refractivity contribution in [3.63, 3.8) is 0 Å². The molecule has 0 saturated carbocycles. The van der Waals surface area contributed by atoms with Gasteiger partial charge in [-0.15, -0.1) is 16.4 Å². The predicted octanol–water partition coefficient (Wildman–Crippen LogP) is 2.47. The number of hydrogen-bond donors (Lipinski definition) is 1. The van der Waals surface area contributed by atoms with Crippen LogP contribution in [0.4, 0.5) is 5.95 Å². The second kappa shape index (κ2) is 4.57. The molecule has 2 rings (SSSR count). The molecule has 0 fully saturated rings. The molecular weight excluding hydrogens is 220 g/mol. The molecule has 0 aliphatic heterocycles. The average molecular weight is 234 g/mol. The van der Waals surface area contributed by atoms with Crippen molar-refractivity contribution in [3.8, 4) is 0 Å². The van der Waals surface area contributed by atoms with Gasteiger partial charge < -0.3 is 5.32 Å². The van der Waals surface area contributed by atoms with E-state index in [-0.39, 0.29) is 0 Å². The van der Waals surface area contributed by atoms with Crippen molar-refractivity contribution in [2.75, 3.05) is 5.32 Å². The predicted molar refractivity (Wildman–Crippen MR) is 65.7 cm³/mol. The van der Waals surface area contributed by atoms with Crippen molar-refractivity contribution < 1.29 is 0 Å². The summed E-state index contributed by atoms with van der Waals surface area (Å²) in [4.78, 5) is 6.91. The zero-order chi connectivity index (χ0) is 11.5. The first-order valence-corrected chi connectivity index (χ1v) is 5.94. The van der Waals surface area contributed by atoms with E-state index in [1.165, 1.54) is 9.75 Å². The summed E-state index contributed by atoms with van der Waals surface area (Å²) in [5, 5.41) is 11.2. The van der Waals surface area contributed by atoms with Gasteiger partial charge in [0.15, 0.2) is 0 Å². The van der Waals surface area contributed by atoms with Crippen LogP contribution in [-0.2, 0) is 6.54 Å². The molecule has 1 N–H and O–H groups in total. The van der Waals surface area contributed by atoms with Gasteiger partial charge in [0.1, 0.15) is 0 Å². The molecule has 4 nitrogen and oxygen atoms in total. The van der Waals surface area contributed by atoms with Crippen LogP contribution in [-0.4, -0.2) is 15.2 Å². The SMILES string of the molecule is Cc1ccc(CNc2nnc(C)c(C)n2)s1. The molecule has 0 radical (unpaired) electrons. The van der Waals surface area contributed by atoms with Crippen LogP contribution in [0.2, 0.25) is 0 Å². The molecule has 0 aromatic carbocycles. The Hall–Kier alpha value is -1.49. The lowest BCUT2D eigenvalue weighted by Crippen LogP contribution is -2.06. The third-order valence-electron chi connectivity index (χ3n) is 2.31. The minimum absolute atomic E-state index is 0.592. The summed E-state index contributed by atoms with van der Waals surface area (Å²) in [6.07, 6.45) is 0. The third kappa shape index (κ3) is 2.55. The van der Waals surface area contributed by atoms with E-state index in [0.717, 1.165) is 17.9 Å². The van der Waals surface area contributed by atoms with Gasteiger partial charge in [-0.25, -0.2) is 4.98 Å². The second-order valence-electron chi connectivity index (χ2n) is 3.67. The smallest absolute Gasteiger partial charge is 0.243 e. The Labute approximate surface area is 98.8 Å². The maximum absolute atomic E-state index is 4.31. The molecule has 84 valence electrons. The zero-order valence-electron chi connectivity index (χ0n) is 9.61. The van der Waals surface area contributed by atoms with Crippen LogP contribution in [0.15, 0.2) is 12.1 Å². The van der Waals surface area contributed by atoms with Crippen molar-refractivity contribution in [1.29, 1.82) is 0 Å². The minimum Gasteiger partial charge on any atom is -0.348 e. The molecule has 2 aromatic rings. The van der Waals surface area contributed by atoms with Gasteiger partial charge in [0.25, 0.3) is 0 Å². The molecule has 2 aromatic heterocycles. The van der Waals surface area contributed by atoms with Gasteiger partial charge in [-0.05, 0) is 32.9 Å². The molecule has 0 aliphatic rings. The van der Waals surface area contributed by atoms with Crippen molar-refractivity contribution in [2.24, 2.45) is 0 Å². The first kappa shape index (κ1) is 11.0. The molecule has 2 heterocycles. The molecule has 0 bridgehead atoms. The first-order chi connectivity index (χ1) is 7.65. The monoisotopic (exact) mass is 234 g/mol. The van der Waals surface area contributed by atoms with E-state index < -0.39 is 0 Å². The fourth-order valence-electron chi connectivity index (χ4n) is 1.28. The number of rotatable bonds is 3. The van der Waals surface area contributed by atoms with Gasteiger partial charge >= 0.3 is 0 Å². The van der Waals surface area contributed by atoms with Crippen molar-refractivity contribution in [2.45, 2.75) is 27.3 Å². The highest BCUT2D eigenvalue weighted by molar-refractivity contribution is 7.11. The van der Waals surface area contributed by atoms with Gasteiger partial charge in [0.2, 0.25) is 5.95 Å². The summed E-state index contributed by atoms with van der Waals surface area (Å²) in [5.41, 5.74) is 1.79. The van der Waals surface area contributed by atoms with E-state index in [2.05, 4.69) is 39.6 Å². The summed E-state index contributed by atoms with van der Waals surface area (Å²) in [7, 11) is 0. The number of nitrogens with one attached hydrogen (secondary N) is 1. The molecule has 16 heavy (non-hydrogen) atoms. The van der Waals surface area contributed by atoms with Crippen molar-refractivity contribution in [3.05, 3.63) is 33.3 Å². The van der Waals surface area contributed by atoms with Gasteiger partial charge in [-0.3, -0.25) is 0 Å². The van der Waals surface area contributed by atoms with Gasteiger partial charge in [-0.2, -0.15) is 5.10 Å². The van der Waals surface area contributed by atoms with Crippen LogP contribution in [0, 0.1) is 20.8 Å². The van der Waals surface area contributed by atoms with Gasteiger partial charge in [0, 0.05) is 9.75 Å². The molecular formula is C11H14N4S. The Morgan fingerprint density at radius 3 is 2.56 bits per heavy atom. The van der Waals surface area contributed by atoms with E-state index in [0.29, 0.717) is 5.95 Å². The summed E-state index contributed by atoms with van der Waals surface area (Å²) < 4.78 is 0. The lowest BCUT2D eigenvalue weighted by molar-refractivity contribution is 0.887. The number of nitrogens with zero attached hydrogens (tertiary/aromatic N) is 3. The van der Waals surface area contributed by atoms with E-state index in [4.69, 9.17) is 0 Å². The van der Waals surface area contributed by atoms with Crippen LogP contribution >= 0.6 is 11.3 Å². The number of aromatic nitrogens is 3. The van der Waals surface area contributed by atoms with Crippen molar-refractivity contribution in [1.82, 2.24) is 15.2 Å². The standard InChI is InChI=1S/C11H14N4S/c1-7-4-5-10(16-7)6-12-11-13-8(2)9(3)14-15-11/h4-5H,6H2,1-3H3,(H,12,13,15). The Morgan fingerprint density at radius 2 is 1.94 bits per heavy atom. The fraction of sp³-hybridized carbons (Fsp3) is 0.364. The van der Waals surface area contributed by atoms with E-state index in [9.17, 15) is 0 Å². The summed E-state index contributed by atoms with van der Waals surface area (Å²) in [5.74, 6) is 0.592. The molecule has 0 amide bonds. The van der Waals surface area contributed by atoms with Gasteiger partial charge in [-0.1, -0.05) is 0 Å². The first-order valence-electron chi connectivity index (χ1n) is 5.12. The van der Waals surface area contributed by atoms with Crippen LogP contribution in [0.1, 0.15) is 21.1 Å². The van der Waals surface area contributed by atoms with Gasteiger partial charge in [0.05, 0.1) is 17.9 Å². The maximum Gasteiger partial charge on any atom is 0.243 e. The highest BCUT2D eigenvalue weighted by Gasteiger charge is 2.02. The fourth-order valence-corrected chi connectivity index (χ4v) is 2.11. The second-order valence-corrected chi connectivity index (χ2v) is 5.04. The summed E-state index contributed by atoms with van der Waals surface area (Å²) in [6, 6.07) is 4.22. The zero-order valence-corrected chi connectivity index (χ0v) is 10.4. The molecule has 0 aliphatic carbocycles. The van der Waals surface area contributed by atoms with Crippen LogP contribution in [0.3, 0.4) is 0 Å². The molecule has 5 heteroatoms. The summed E-state index contributed by atoms with van der Waals surface area (Å²) in [6.45, 7) is 6.69. The quantitative estimate of drug-likeness (QED) is 0.886. The lowest BCUT2D eigenvalue weighted by atomic mass is 10.4. The van der Waals surface area contributed by atoms with E-state index in [1.807, 2.05) is 13.8 Å². The normalized spacial score (nSPS) is 10.4. The minimum atomic E-state index is 0.592. The molecule has 0 spiro atoms. The highest BCUT2D eigenvalue weighted by atomic mass is 32.1. The Balaban J connectivity index is 2.02. The lowest BCUT2D eigenvalue weighted by Gasteiger charge is -2.03. The molecule has 0 saturated heterocycles. The average Bonchev–Trinajstić information content (AvgIpc) is 2.66. The number of hydrogen-bond acceptors (Lipinski definition) is 5. The molecule has 0 atom stereocenters. The topological polar surface area (TPSA) is 50.7 Å². The Morgan fingerprint density at radius 1 is 1.12 bits per heavy atom. The highest BCUT2D eigenvalue weighted by Crippen LogP contribution is 2.15.